The number of aliphatic carboxylic acids is 1. The molecule has 1 unspecified atom stereocenters. The van der Waals surface area contributed by atoms with Crippen LogP contribution < -0.4 is 5.32 Å². The van der Waals surface area contributed by atoms with Crippen molar-refractivity contribution in [1.82, 2.24) is 5.32 Å². The SMILES string of the molecule is O=C(NCC(Cc1cc(C(F)(F)F)cc(C(F)(F)F)c1)C(=O)O)OCC1c2ccccc2-c2ccccc21. The Labute approximate surface area is 213 Å². The molecule has 3 aromatic rings. The van der Waals surface area contributed by atoms with Gasteiger partial charge in [-0.1, -0.05) is 48.5 Å². The van der Waals surface area contributed by atoms with Crippen molar-refractivity contribution in [3.63, 3.8) is 0 Å². The van der Waals surface area contributed by atoms with Gasteiger partial charge >= 0.3 is 24.4 Å². The minimum absolute atomic E-state index is 0.0335. The monoisotopic (exact) mass is 537 g/mol. The highest BCUT2D eigenvalue weighted by molar-refractivity contribution is 5.79. The van der Waals surface area contributed by atoms with Gasteiger partial charge in [0.25, 0.3) is 0 Å². The van der Waals surface area contributed by atoms with Crippen LogP contribution in [0.15, 0.2) is 66.7 Å². The lowest BCUT2D eigenvalue weighted by atomic mass is 9.95. The molecule has 0 saturated heterocycles. The number of halogens is 6. The van der Waals surface area contributed by atoms with Gasteiger partial charge < -0.3 is 15.2 Å². The van der Waals surface area contributed by atoms with Gasteiger partial charge in [0, 0.05) is 12.5 Å². The number of hydrogen-bond donors (Lipinski definition) is 2. The molecular formula is C27H21F6NO4. The van der Waals surface area contributed by atoms with Crippen LogP contribution in [-0.4, -0.2) is 30.3 Å². The highest BCUT2D eigenvalue weighted by Gasteiger charge is 2.37. The number of rotatable bonds is 7. The summed E-state index contributed by atoms with van der Waals surface area (Å²) >= 11 is 0. The minimum atomic E-state index is -5.06. The number of benzene rings is 3. The van der Waals surface area contributed by atoms with Crippen molar-refractivity contribution in [2.45, 2.75) is 24.7 Å². The summed E-state index contributed by atoms with van der Waals surface area (Å²) < 4.78 is 84.1. The van der Waals surface area contributed by atoms with Gasteiger partial charge in [-0.05, 0) is 52.4 Å². The van der Waals surface area contributed by atoms with Crippen molar-refractivity contribution in [1.29, 1.82) is 0 Å². The Balaban J connectivity index is 1.42. The molecule has 38 heavy (non-hydrogen) atoms. The number of carbonyl (C=O) groups is 2. The first-order valence-electron chi connectivity index (χ1n) is 11.4. The molecule has 0 spiro atoms. The van der Waals surface area contributed by atoms with Crippen molar-refractivity contribution in [3.8, 4) is 11.1 Å². The fraction of sp³-hybridized carbons (Fsp3) is 0.259. The van der Waals surface area contributed by atoms with Gasteiger partial charge in [0.05, 0.1) is 17.0 Å². The van der Waals surface area contributed by atoms with Gasteiger partial charge in [0.1, 0.15) is 6.61 Å². The molecule has 1 atom stereocenters. The van der Waals surface area contributed by atoms with Crippen LogP contribution in [0.2, 0.25) is 0 Å². The molecule has 0 heterocycles. The van der Waals surface area contributed by atoms with Crippen LogP contribution in [0.25, 0.3) is 11.1 Å². The summed E-state index contributed by atoms with van der Waals surface area (Å²) in [6.45, 7) is -0.621. The number of alkyl carbamates (subject to hydrolysis) is 1. The normalized spacial score (nSPS) is 13.9. The first-order valence-corrected chi connectivity index (χ1v) is 11.4. The molecule has 200 valence electrons. The molecule has 0 bridgehead atoms. The van der Waals surface area contributed by atoms with E-state index in [1.54, 1.807) is 0 Å². The van der Waals surface area contributed by atoms with Crippen molar-refractivity contribution < 1.29 is 45.8 Å². The highest BCUT2D eigenvalue weighted by Crippen LogP contribution is 2.44. The van der Waals surface area contributed by atoms with Crippen molar-refractivity contribution >= 4 is 12.1 Å². The Bertz CT molecular complexity index is 1270. The van der Waals surface area contributed by atoms with E-state index in [-0.39, 0.29) is 18.6 Å². The van der Waals surface area contributed by atoms with Crippen LogP contribution in [0.4, 0.5) is 31.1 Å². The Morgan fingerprint density at radius 2 is 1.34 bits per heavy atom. The third-order valence-corrected chi connectivity index (χ3v) is 6.32. The molecule has 0 aromatic heterocycles. The van der Waals surface area contributed by atoms with Crippen LogP contribution in [0.3, 0.4) is 0 Å². The summed E-state index contributed by atoms with van der Waals surface area (Å²) in [7, 11) is 0. The second-order valence-corrected chi connectivity index (χ2v) is 8.86. The van der Waals surface area contributed by atoms with Crippen LogP contribution in [-0.2, 0) is 28.3 Å². The molecule has 3 aromatic carbocycles. The summed E-state index contributed by atoms with van der Waals surface area (Å²) in [4.78, 5) is 24.0. The standard InChI is InChI=1S/C27H21F6NO4/c28-26(29,30)17-10-15(11-18(12-17)27(31,32)33)9-16(24(35)36)13-34-25(37)38-14-23-21-7-3-1-5-19(21)20-6-2-4-8-22(20)23/h1-8,10-12,16,23H,9,13-14H2,(H,34,37)(H,35,36). The summed E-state index contributed by atoms with van der Waals surface area (Å²) in [5.74, 6) is -3.26. The number of carboxylic acids is 1. The molecule has 11 heteroatoms. The van der Waals surface area contributed by atoms with Crippen molar-refractivity contribution in [2.24, 2.45) is 5.92 Å². The van der Waals surface area contributed by atoms with Gasteiger partial charge in [-0.3, -0.25) is 4.79 Å². The van der Waals surface area contributed by atoms with E-state index in [0.717, 1.165) is 22.3 Å². The lowest BCUT2D eigenvalue weighted by Crippen LogP contribution is -2.35. The summed E-state index contributed by atoms with van der Waals surface area (Å²) in [6, 6.07) is 16.1. The molecule has 0 radical (unpaired) electrons. The molecule has 5 nitrogen and oxygen atoms in total. The van der Waals surface area contributed by atoms with Gasteiger partial charge in [-0.25, -0.2) is 4.79 Å². The maximum absolute atomic E-state index is 13.1. The molecular weight excluding hydrogens is 516 g/mol. The number of alkyl halides is 6. The number of fused-ring (bicyclic) bond motifs is 3. The molecule has 4 rings (SSSR count). The number of carbonyl (C=O) groups excluding carboxylic acids is 1. The van der Waals surface area contributed by atoms with E-state index in [9.17, 15) is 41.0 Å². The highest BCUT2D eigenvalue weighted by atomic mass is 19.4. The minimum Gasteiger partial charge on any atom is -0.481 e. The predicted molar refractivity (Wildman–Crippen MR) is 124 cm³/mol. The van der Waals surface area contributed by atoms with Gasteiger partial charge in [0.15, 0.2) is 0 Å². The van der Waals surface area contributed by atoms with Crippen molar-refractivity contribution in [3.05, 3.63) is 94.5 Å². The molecule has 0 saturated carbocycles. The predicted octanol–water partition coefficient (Wildman–Crippen LogP) is 6.51. The average Bonchev–Trinajstić information content (AvgIpc) is 3.17. The smallest absolute Gasteiger partial charge is 0.416 e. The largest absolute Gasteiger partial charge is 0.481 e. The van der Waals surface area contributed by atoms with Gasteiger partial charge in [0.2, 0.25) is 0 Å². The van der Waals surface area contributed by atoms with Crippen LogP contribution in [0.5, 0.6) is 0 Å². The second-order valence-electron chi connectivity index (χ2n) is 8.86. The van der Waals surface area contributed by atoms with Crippen LogP contribution in [0, 0.1) is 5.92 Å². The van der Waals surface area contributed by atoms with Gasteiger partial charge in [-0.2, -0.15) is 26.3 Å². The van der Waals surface area contributed by atoms with Crippen LogP contribution in [0.1, 0.15) is 33.7 Å². The van der Waals surface area contributed by atoms with Crippen LogP contribution >= 0.6 is 0 Å². The Morgan fingerprint density at radius 1 is 0.842 bits per heavy atom. The summed E-state index contributed by atoms with van der Waals surface area (Å²) in [5, 5.41) is 11.7. The van der Waals surface area contributed by atoms with E-state index in [1.165, 1.54) is 0 Å². The number of nitrogens with one attached hydrogen (secondary N) is 1. The number of amides is 1. The Morgan fingerprint density at radius 3 is 1.82 bits per heavy atom. The second kappa shape index (κ2) is 10.4. The molecule has 0 fully saturated rings. The number of carboxylic acid groups (broad SMARTS) is 1. The molecule has 2 N–H and O–H groups in total. The summed E-state index contributed by atoms with van der Waals surface area (Å²) in [6.07, 6.45) is -11.8. The number of ether oxygens (including phenoxy) is 1. The molecule has 1 amide bonds. The zero-order valence-corrected chi connectivity index (χ0v) is 19.6. The zero-order valence-electron chi connectivity index (χ0n) is 19.6. The molecule has 1 aliphatic rings. The lowest BCUT2D eigenvalue weighted by molar-refractivity contribution is -0.143. The third-order valence-electron chi connectivity index (χ3n) is 6.32. The van der Waals surface area contributed by atoms with E-state index in [1.807, 2.05) is 48.5 Å². The first kappa shape index (κ1) is 27.0. The maximum Gasteiger partial charge on any atom is 0.416 e. The Hall–Kier alpha value is -4.02. The Kier molecular flexibility index (Phi) is 7.39. The quantitative estimate of drug-likeness (QED) is 0.337. The fourth-order valence-electron chi connectivity index (χ4n) is 4.52. The van der Waals surface area contributed by atoms with E-state index >= 15 is 0 Å². The van der Waals surface area contributed by atoms with E-state index in [2.05, 4.69) is 5.32 Å². The summed E-state index contributed by atoms with van der Waals surface area (Å²) in [5.41, 5.74) is 0.343. The van der Waals surface area contributed by atoms with Crippen molar-refractivity contribution in [2.75, 3.05) is 13.2 Å². The topological polar surface area (TPSA) is 75.6 Å². The van der Waals surface area contributed by atoms with E-state index < -0.39 is 60.0 Å². The van der Waals surface area contributed by atoms with E-state index in [0.29, 0.717) is 12.1 Å². The third kappa shape index (κ3) is 5.92. The van der Waals surface area contributed by atoms with E-state index in [4.69, 9.17) is 4.74 Å². The molecule has 0 aliphatic heterocycles. The van der Waals surface area contributed by atoms with Gasteiger partial charge in [-0.15, -0.1) is 0 Å². The molecule has 1 aliphatic carbocycles. The zero-order chi connectivity index (χ0) is 27.7. The fourth-order valence-corrected chi connectivity index (χ4v) is 4.52. The number of hydrogen-bond acceptors (Lipinski definition) is 3. The lowest BCUT2D eigenvalue weighted by Gasteiger charge is -2.18. The maximum atomic E-state index is 13.1. The first-order chi connectivity index (χ1) is 17.8. The average molecular weight is 537 g/mol.